The van der Waals surface area contributed by atoms with E-state index in [2.05, 4.69) is 34.5 Å². The summed E-state index contributed by atoms with van der Waals surface area (Å²) in [6.07, 6.45) is 0.783. The van der Waals surface area contributed by atoms with Gasteiger partial charge in [0.15, 0.2) is 5.82 Å². The second kappa shape index (κ2) is 5.23. The highest BCUT2D eigenvalue weighted by Crippen LogP contribution is 2.14. The summed E-state index contributed by atoms with van der Waals surface area (Å²) >= 11 is 1.82. The first-order chi connectivity index (χ1) is 7.74. The maximum absolute atomic E-state index is 5.02. The summed E-state index contributed by atoms with van der Waals surface area (Å²) in [6.45, 7) is 5.72. The van der Waals surface area contributed by atoms with Crippen molar-refractivity contribution in [3.8, 4) is 0 Å². The van der Waals surface area contributed by atoms with Crippen LogP contribution in [0, 0.1) is 13.8 Å². The molecular weight excluding hydrogens is 222 g/mol. The van der Waals surface area contributed by atoms with Crippen molar-refractivity contribution < 1.29 is 4.52 Å². The number of nitrogens with zero attached hydrogens (tertiary/aromatic N) is 2. The van der Waals surface area contributed by atoms with Crippen LogP contribution in [0.1, 0.15) is 21.5 Å². The van der Waals surface area contributed by atoms with E-state index in [1.165, 1.54) is 9.75 Å². The molecule has 0 saturated carbocycles. The van der Waals surface area contributed by atoms with E-state index in [0.29, 0.717) is 11.7 Å². The van der Waals surface area contributed by atoms with E-state index in [9.17, 15) is 0 Å². The summed E-state index contributed by atoms with van der Waals surface area (Å²) < 4.78 is 5.02. The third kappa shape index (κ3) is 3.15. The van der Waals surface area contributed by atoms with E-state index in [1.807, 2.05) is 18.3 Å². The second-order valence-corrected chi connectivity index (χ2v) is 5.05. The SMILES string of the molecule is Cc1noc(CCNCc2ccc(C)s2)n1. The zero-order valence-electron chi connectivity index (χ0n) is 9.49. The fourth-order valence-electron chi connectivity index (χ4n) is 1.43. The van der Waals surface area contributed by atoms with E-state index in [0.717, 1.165) is 19.5 Å². The molecule has 4 nitrogen and oxygen atoms in total. The van der Waals surface area contributed by atoms with Crippen LogP contribution in [0.5, 0.6) is 0 Å². The van der Waals surface area contributed by atoms with Crippen molar-refractivity contribution in [3.63, 3.8) is 0 Å². The van der Waals surface area contributed by atoms with Crippen molar-refractivity contribution in [2.75, 3.05) is 6.54 Å². The minimum atomic E-state index is 0.698. The first-order valence-corrected chi connectivity index (χ1v) is 6.11. The molecule has 0 saturated heterocycles. The molecule has 2 heterocycles. The van der Waals surface area contributed by atoms with Gasteiger partial charge in [-0.1, -0.05) is 5.16 Å². The molecule has 0 atom stereocenters. The molecule has 16 heavy (non-hydrogen) atoms. The summed E-state index contributed by atoms with van der Waals surface area (Å²) in [4.78, 5) is 6.86. The van der Waals surface area contributed by atoms with Gasteiger partial charge in [-0.15, -0.1) is 11.3 Å². The number of aryl methyl sites for hydroxylation is 2. The van der Waals surface area contributed by atoms with Gasteiger partial charge in [0, 0.05) is 29.3 Å². The van der Waals surface area contributed by atoms with Gasteiger partial charge in [0.05, 0.1) is 0 Å². The van der Waals surface area contributed by atoms with E-state index in [4.69, 9.17) is 4.52 Å². The predicted molar refractivity (Wildman–Crippen MR) is 63.5 cm³/mol. The van der Waals surface area contributed by atoms with Gasteiger partial charge in [-0.3, -0.25) is 0 Å². The Hall–Kier alpha value is -1.20. The van der Waals surface area contributed by atoms with Gasteiger partial charge in [0.1, 0.15) is 0 Å². The molecule has 0 fully saturated rings. The largest absolute Gasteiger partial charge is 0.339 e. The molecule has 0 spiro atoms. The van der Waals surface area contributed by atoms with E-state index >= 15 is 0 Å². The summed E-state index contributed by atoms with van der Waals surface area (Å²) in [5.74, 6) is 1.40. The average Bonchev–Trinajstić information content (AvgIpc) is 2.83. The van der Waals surface area contributed by atoms with Crippen LogP contribution in [-0.2, 0) is 13.0 Å². The standard InChI is InChI=1S/C11H15N3OS/c1-8-3-4-10(16-8)7-12-6-5-11-13-9(2)14-15-11/h3-4,12H,5-7H2,1-2H3. The lowest BCUT2D eigenvalue weighted by atomic mass is 10.4. The lowest BCUT2D eigenvalue weighted by molar-refractivity contribution is 0.372. The summed E-state index contributed by atoms with van der Waals surface area (Å²) in [5, 5.41) is 7.10. The fourth-order valence-corrected chi connectivity index (χ4v) is 2.29. The van der Waals surface area contributed by atoms with Crippen molar-refractivity contribution in [2.45, 2.75) is 26.8 Å². The van der Waals surface area contributed by atoms with Crippen LogP contribution in [0.3, 0.4) is 0 Å². The number of hydrogen-bond donors (Lipinski definition) is 1. The van der Waals surface area contributed by atoms with E-state index < -0.39 is 0 Å². The molecule has 0 aliphatic heterocycles. The van der Waals surface area contributed by atoms with Crippen LogP contribution in [0.15, 0.2) is 16.7 Å². The van der Waals surface area contributed by atoms with E-state index in [-0.39, 0.29) is 0 Å². The maximum Gasteiger partial charge on any atom is 0.227 e. The Bertz CT molecular complexity index is 407. The number of rotatable bonds is 5. The van der Waals surface area contributed by atoms with Gasteiger partial charge in [0.25, 0.3) is 0 Å². The lowest BCUT2D eigenvalue weighted by Crippen LogP contribution is -2.16. The molecule has 2 aromatic rings. The van der Waals surface area contributed by atoms with Crippen LogP contribution < -0.4 is 5.32 Å². The van der Waals surface area contributed by atoms with Gasteiger partial charge in [-0.25, -0.2) is 0 Å². The van der Waals surface area contributed by atoms with Crippen LogP contribution in [0.2, 0.25) is 0 Å². The molecule has 5 heteroatoms. The van der Waals surface area contributed by atoms with Crippen molar-refractivity contribution in [1.82, 2.24) is 15.5 Å². The van der Waals surface area contributed by atoms with Gasteiger partial charge in [-0.05, 0) is 26.0 Å². The summed E-state index contributed by atoms with van der Waals surface area (Å²) in [7, 11) is 0. The minimum absolute atomic E-state index is 0.698. The van der Waals surface area contributed by atoms with Crippen LogP contribution in [0.25, 0.3) is 0 Å². The minimum Gasteiger partial charge on any atom is -0.339 e. The Kier molecular flexibility index (Phi) is 3.69. The number of nitrogens with one attached hydrogen (secondary N) is 1. The summed E-state index contributed by atoms with van der Waals surface area (Å²) in [5.41, 5.74) is 0. The van der Waals surface area contributed by atoms with Crippen LogP contribution in [0.4, 0.5) is 0 Å². The Balaban J connectivity index is 1.69. The molecule has 0 aromatic carbocycles. The monoisotopic (exact) mass is 237 g/mol. The Morgan fingerprint density at radius 2 is 2.25 bits per heavy atom. The van der Waals surface area contributed by atoms with Crippen molar-refractivity contribution in [1.29, 1.82) is 0 Å². The van der Waals surface area contributed by atoms with Crippen molar-refractivity contribution >= 4 is 11.3 Å². The molecule has 0 radical (unpaired) electrons. The Labute approximate surface area is 98.7 Å². The van der Waals surface area contributed by atoms with Gasteiger partial charge >= 0.3 is 0 Å². The highest BCUT2D eigenvalue weighted by atomic mass is 32.1. The predicted octanol–water partition coefficient (Wildman–Crippen LogP) is 2.08. The smallest absolute Gasteiger partial charge is 0.227 e. The molecule has 1 N–H and O–H groups in total. The molecule has 86 valence electrons. The maximum atomic E-state index is 5.02. The average molecular weight is 237 g/mol. The molecule has 0 aliphatic carbocycles. The second-order valence-electron chi connectivity index (χ2n) is 3.67. The molecule has 0 amide bonds. The third-order valence-corrected chi connectivity index (χ3v) is 3.18. The van der Waals surface area contributed by atoms with Crippen molar-refractivity contribution in [3.05, 3.63) is 33.6 Å². The van der Waals surface area contributed by atoms with Gasteiger partial charge < -0.3 is 9.84 Å². The van der Waals surface area contributed by atoms with Gasteiger partial charge in [0.2, 0.25) is 5.89 Å². The molecule has 2 aromatic heterocycles. The van der Waals surface area contributed by atoms with Crippen LogP contribution >= 0.6 is 11.3 Å². The topological polar surface area (TPSA) is 51.0 Å². The Morgan fingerprint density at radius 3 is 2.88 bits per heavy atom. The molecular formula is C11H15N3OS. The number of aromatic nitrogens is 2. The third-order valence-electron chi connectivity index (χ3n) is 2.18. The highest BCUT2D eigenvalue weighted by Gasteiger charge is 2.02. The summed E-state index contributed by atoms with van der Waals surface area (Å²) in [6, 6.07) is 4.30. The quantitative estimate of drug-likeness (QED) is 0.809. The first kappa shape index (κ1) is 11.3. The molecule has 2 rings (SSSR count). The van der Waals surface area contributed by atoms with Crippen molar-refractivity contribution in [2.24, 2.45) is 0 Å². The normalized spacial score (nSPS) is 10.9. The van der Waals surface area contributed by atoms with Gasteiger partial charge in [-0.2, -0.15) is 4.98 Å². The highest BCUT2D eigenvalue weighted by molar-refractivity contribution is 7.11. The van der Waals surface area contributed by atoms with Crippen LogP contribution in [-0.4, -0.2) is 16.7 Å². The zero-order chi connectivity index (χ0) is 11.4. The number of thiophene rings is 1. The lowest BCUT2D eigenvalue weighted by Gasteiger charge is -1.99. The first-order valence-electron chi connectivity index (χ1n) is 5.29. The molecule has 0 aliphatic rings. The molecule has 0 unspecified atom stereocenters. The Morgan fingerprint density at radius 1 is 1.38 bits per heavy atom. The molecule has 0 bridgehead atoms. The number of hydrogen-bond acceptors (Lipinski definition) is 5. The van der Waals surface area contributed by atoms with E-state index in [1.54, 1.807) is 0 Å². The zero-order valence-corrected chi connectivity index (χ0v) is 10.3. The fraction of sp³-hybridized carbons (Fsp3) is 0.455.